The minimum atomic E-state index is -1.10. The van der Waals surface area contributed by atoms with Gasteiger partial charge in [-0.05, 0) is 31.2 Å². The number of hydrogen-bond donors (Lipinski definition) is 0. The molecule has 4 rings (SSSR count). The fraction of sp³-hybridized carbons (Fsp3) is 0.300. The normalized spacial score (nSPS) is 21.8. The van der Waals surface area contributed by atoms with Crippen molar-refractivity contribution in [2.75, 3.05) is 13.2 Å². The van der Waals surface area contributed by atoms with Gasteiger partial charge in [0.05, 0.1) is 11.6 Å². The second-order valence-electron chi connectivity index (χ2n) is 6.65. The van der Waals surface area contributed by atoms with Crippen LogP contribution in [0.4, 0.5) is 0 Å². The summed E-state index contributed by atoms with van der Waals surface area (Å²) in [6, 6.07) is 13.1. The van der Waals surface area contributed by atoms with Gasteiger partial charge in [0, 0.05) is 10.6 Å². The predicted molar refractivity (Wildman–Crippen MR) is 106 cm³/mol. The molecule has 1 aliphatic rings. The summed E-state index contributed by atoms with van der Waals surface area (Å²) in [5, 5.41) is 5.18. The first-order valence-electron chi connectivity index (χ1n) is 8.83. The molecule has 0 N–H and O–H groups in total. The molecule has 2 unspecified atom stereocenters. The lowest BCUT2D eigenvalue weighted by Gasteiger charge is -2.29. The maximum Gasteiger partial charge on any atom is 0.217 e. The topological polar surface area (TPSA) is 58.4 Å². The van der Waals surface area contributed by atoms with Gasteiger partial charge in [-0.25, -0.2) is 9.67 Å². The van der Waals surface area contributed by atoms with Gasteiger partial charge < -0.3 is 14.2 Å². The molecule has 6 nitrogen and oxygen atoms in total. The van der Waals surface area contributed by atoms with E-state index in [-0.39, 0.29) is 6.10 Å². The molecule has 0 radical (unpaired) electrons. The molecule has 0 amide bonds. The molecule has 8 heteroatoms. The first kappa shape index (κ1) is 19.2. The molecule has 0 spiro atoms. The molecular weight excluding hydrogens is 401 g/mol. The third-order valence-electron chi connectivity index (χ3n) is 4.49. The Labute approximate surface area is 173 Å². The van der Waals surface area contributed by atoms with Crippen molar-refractivity contribution in [3.8, 4) is 5.75 Å². The summed E-state index contributed by atoms with van der Waals surface area (Å²) in [6.45, 7) is 3.05. The summed E-state index contributed by atoms with van der Waals surface area (Å²) < 4.78 is 19.9. The van der Waals surface area contributed by atoms with Crippen molar-refractivity contribution in [1.29, 1.82) is 0 Å². The fourth-order valence-corrected chi connectivity index (χ4v) is 3.66. The Morgan fingerprint density at radius 3 is 2.75 bits per heavy atom. The molecule has 3 aromatic rings. The molecule has 2 heterocycles. The minimum Gasteiger partial charge on any atom is -0.491 e. The standard InChI is InChI=1S/C20H19Cl2N3O3/c1-14-2-5-16(6-3-14)26-9-17-10-27-20(28-17,11-25-13-23-12-24-25)18-7-4-15(21)8-19(18)22/h2-8,12-13,17H,9-11H2,1H3. The molecule has 1 aromatic heterocycles. The van der Waals surface area contributed by atoms with Gasteiger partial charge in [-0.3, -0.25) is 0 Å². The van der Waals surface area contributed by atoms with Crippen LogP contribution in [0.2, 0.25) is 10.0 Å². The average Bonchev–Trinajstić information content (AvgIpc) is 3.32. The van der Waals surface area contributed by atoms with Crippen molar-refractivity contribution in [2.24, 2.45) is 0 Å². The highest BCUT2D eigenvalue weighted by Crippen LogP contribution is 2.40. The zero-order valence-corrected chi connectivity index (χ0v) is 16.7. The number of aromatic nitrogens is 3. The van der Waals surface area contributed by atoms with E-state index in [2.05, 4.69) is 10.1 Å². The minimum absolute atomic E-state index is 0.267. The van der Waals surface area contributed by atoms with Gasteiger partial charge in [0.25, 0.3) is 0 Å². The third kappa shape index (κ3) is 4.15. The highest BCUT2D eigenvalue weighted by Gasteiger charge is 2.45. The van der Waals surface area contributed by atoms with Crippen LogP contribution in [-0.4, -0.2) is 34.1 Å². The van der Waals surface area contributed by atoms with Gasteiger partial charge in [0.2, 0.25) is 5.79 Å². The molecule has 0 saturated carbocycles. The number of hydrogen-bond acceptors (Lipinski definition) is 5. The monoisotopic (exact) mass is 419 g/mol. The van der Waals surface area contributed by atoms with E-state index in [0.29, 0.717) is 35.4 Å². The summed E-state index contributed by atoms with van der Waals surface area (Å²) in [7, 11) is 0. The first-order valence-corrected chi connectivity index (χ1v) is 9.59. The first-order chi connectivity index (χ1) is 13.5. The van der Waals surface area contributed by atoms with Crippen molar-refractivity contribution in [3.05, 3.63) is 76.3 Å². The fourth-order valence-electron chi connectivity index (χ4n) is 3.11. The number of rotatable bonds is 6. The number of aryl methyl sites for hydroxylation is 1. The zero-order chi connectivity index (χ0) is 19.6. The van der Waals surface area contributed by atoms with Crippen LogP contribution in [0.3, 0.4) is 0 Å². The molecule has 2 atom stereocenters. The number of ether oxygens (including phenoxy) is 3. The second kappa shape index (κ2) is 8.09. The molecule has 2 aromatic carbocycles. The highest BCUT2D eigenvalue weighted by atomic mass is 35.5. The summed E-state index contributed by atoms with van der Waals surface area (Å²) >= 11 is 12.5. The Morgan fingerprint density at radius 2 is 2.04 bits per heavy atom. The van der Waals surface area contributed by atoms with Gasteiger partial charge in [-0.2, -0.15) is 5.10 Å². The van der Waals surface area contributed by atoms with Gasteiger partial charge in [0.15, 0.2) is 0 Å². The zero-order valence-electron chi connectivity index (χ0n) is 15.2. The third-order valence-corrected chi connectivity index (χ3v) is 5.04. The van der Waals surface area contributed by atoms with E-state index in [9.17, 15) is 0 Å². The van der Waals surface area contributed by atoms with E-state index < -0.39 is 5.79 Å². The molecule has 1 aliphatic heterocycles. The Morgan fingerprint density at radius 1 is 1.21 bits per heavy atom. The van der Waals surface area contributed by atoms with Crippen LogP contribution in [0.5, 0.6) is 5.75 Å². The maximum atomic E-state index is 6.45. The quantitative estimate of drug-likeness (QED) is 0.597. The number of nitrogens with zero attached hydrogens (tertiary/aromatic N) is 3. The van der Waals surface area contributed by atoms with Gasteiger partial charge in [-0.1, -0.05) is 47.0 Å². The van der Waals surface area contributed by atoms with Crippen LogP contribution >= 0.6 is 23.2 Å². The van der Waals surface area contributed by atoms with E-state index in [1.807, 2.05) is 37.3 Å². The van der Waals surface area contributed by atoms with Crippen molar-refractivity contribution < 1.29 is 14.2 Å². The largest absolute Gasteiger partial charge is 0.491 e. The SMILES string of the molecule is Cc1ccc(OCC2COC(Cn3cncn3)(c3ccc(Cl)cc3Cl)O2)cc1. The van der Waals surface area contributed by atoms with E-state index in [0.717, 1.165) is 5.75 Å². The Balaban J connectivity index is 1.54. The Kier molecular flexibility index (Phi) is 5.55. The maximum absolute atomic E-state index is 6.45. The number of halogens is 2. The average molecular weight is 420 g/mol. The van der Waals surface area contributed by atoms with Crippen molar-refractivity contribution in [3.63, 3.8) is 0 Å². The number of benzene rings is 2. The van der Waals surface area contributed by atoms with E-state index in [4.69, 9.17) is 37.4 Å². The van der Waals surface area contributed by atoms with Gasteiger partial charge >= 0.3 is 0 Å². The molecule has 1 saturated heterocycles. The van der Waals surface area contributed by atoms with Crippen LogP contribution in [-0.2, 0) is 21.8 Å². The summed E-state index contributed by atoms with van der Waals surface area (Å²) in [5.41, 5.74) is 1.86. The molecular formula is C20H19Cl2N3O3. The lowest BCUT2D eigenvalue weighted by atomic mass is 10.1. The molecule has 146 valence electrons. The van der Waals surface area contributed by atoms with E-state index in [1.165, 1.54) is 11.9 Å². The molecule has 0 bridgehead atoms. The van der Waals surface area contributed by atoms with Gasteiger partial charge in [0.1, 0.15) is 37.7 Å². The van der Waals surface area contributed by atoms with Crippen molar-refractivity contribution in [2.45, 2.75) is 25.4 Å². The van der Waals surface area contributed by atoms with Crippen LogP contribution in [0, 0.1) is 6.92 Å². The van der Waals surface area contributed by atoms with Crippen molar-refractivity contribution in [1.82, 2.24) is 14.8 Å². The van der Waals surface area contributed by atoms with Crippen LogP contribution < -0.4 is 4.74 Å². The smallest absolute Gasteiger partial charge is 0.217 e. The summed E-state index contributed by atoms with van der Waals surface area (Å²) in [5.74, 6) is -0.316. The molecule has 1 fully saturated rings. The van der Waals surface area contributed by atoms with Crippen molar-refractivity contribution >= 4 is 23.2 Å². The van der Waals surface area contributed by atoms with Crippen LogP contribution in [0.25, 0.3) is 0 Å². The lowest BCUT2D eigenvalue weighted by Crippen LogP contribution is -2.35. The van der Waals surface area contributed by atoms with Gasteiger partial charge in [-0.15, -0.1) is 0 Å². The highest BCUT2D eigenvalue weighted by molar-refractivity contribution is 6.35. The molecule has 28 heavy (non-hydrogen) atoms. The second-order valence-corrected chi connectivity index (χ2v) is 7.49. The predicted octanol–water partition coefficient (Wildman–Crippen LogP) is 4.24. The van der Waals surface area contributed by atoms with Crippen LogP contribution in [0.15, 0.2) is 55.1 Å². The lowest BCUT2D eigenvalue weighted by molar-refractivity contribution is -0.190. The van der Waals surface area contributed by atoms with Crippen LogP contribution in [0.1, 0.15) is 11.1 Å². The van der Waals surface area contributed by atoms with E-state index >= 15 is 0 Å². The molecule has 0 aliphatic carbocycles. The van der Waals surface area contributed by atoms with E-state index in [1.54, 1.807) is 23.1 Å². The Hall–Kier alpha value is -2.12. The summed E-state index contributed by atoms with van der Waals surface area (Å²) in [6.07, 6.45) is 2.80. The summed E-state index contributed by atoms with van der Waals surface area (Å²) in [4.78, 5) is 3.99. The Bertz CT molecular complexity index is 934.